The second-order valence-corrected chi connectivity index (χ2v) is 6.19. The molecule has 0 unspecified atom stereocenters. The highest BCUT2D eigenvalue weighted by molar-refractivity contribution is 6.05. The van der Waals surface area contributed by atoms with Crippen LogP contribution in [0.4, 0.5) is 28.4 Å². The lowest BCUT2D eigenvalue weighted by molar-refractivity contribution is -0.384. The lowest BCUT2D eigenvalue weighted by atomic mass is 10.1. The summed E-state index contributed by atoms with van der Waals surface area (Å²) in [4.78, 5) is 33.8. The van der Waals surface area contributed by atoms with Crippen molar-refractivity contribution in [3.63, 3.8) is 0 Å². The molecule has 0 fully saturated rings. The average Bonchev–Trinajstić information content (AvgIpc) is 2.70. The van der Waals surface area contributed by atoms with Gasteiger partial charge >= 0.3 is 0 Å². The van der Waals surface area contributed by atoms with E-state index in [0.29, 0.717) is 11.3 Å². The monoisotopic (exact) mass is 392 g/mol. The molecular formula is C20H16N4O5. The molecule has 0 bridgehead atoms. The molecule has 0 radical (unpaired) electrons. The minimum Gasteiger partial charge on any atom is -0.350 e. The molecular weight excluding hydrogens is 376 g/mol. The molecule has 0 aromatic heterocycles. The highest BCUT2D eigenvalue weighted by Gasteiger charge is 2.19. The minimum atomic E-state index is -0.608. The van der Waals surface area contributed by atoms with Crippen LogP contribution in [0.2, 0.25) is 0 Å². The molecule has 0 saturated heterocycles. The van der Waals surface area contributed by atoms with Gasteiger partial charge in [-0.1, -0.05) is 24.3 Å². The van der Waals surface area contributed by atoms with E-state index < -0.39 is 15.8 Å². The van der Waals surface area contributed by atoms with Gasteiger partial charge in [-0.25, -0.2) is 0 Å². The Balaban J connectivity index is 1.88. The zero-order chi connectivity index (χ0) is 21.0. The largest absolute Gasteiger partial charge is 0.350 e. The van der Waals surface area contributed by atoms with Crippen molar-refractivity contribution in [1.29, 1.82) is 0 Å². The number of nitro benzene ring substituents is 2. The molecule has 0 aliphatic carbocycles. The van der Waals surface area contributed by atoms with Gasteiger partial charge in [0, 0.05) is 29.4 Å². The van der Waals surface area contributed by atoms with Crippen molar-refractivity contribution in [2.24, 2.45) is 0 Å². The molecule has 3 rings (SSSR count). The van der Waals surface area contributed by atoms with Gasteiger partial charge in [-0.05, 0) is 36.8 Å². The van der Waals surface area contributed by atoms with Crippen LogP contribution >= 0.6 is 0 Å². The highest BCUT2D eigenvalue weighted by atomic mass is 16.6. The van der Waals surface area contributed by atoms with Crippen molar-refractivity contribution in [3.05, 3.63) is 98.1 Å². The van der Waals surface area contributed by atoms with Gasteiger partial charge in [0.05, 0.1) is 15.5 Å². The number of nitrogens with one attached hydrogen (secondary N) is 2. The fraction of sp³-hybridized carbons (Fsp3) is 0.0500. The molecule has 3 aromatic carbocycles. The van der Waals surface area contributed by atoms with Crippen molar-refractivity contribution in [2.75, 3.05) is 10.6 Å². The Labute approximate surface area is 165 Å². The number of hydrogen-bond donors (Lipinski definition) is 2. The number of benzene rings is 3. The molecule has 2 N–H and O–H groups in total. The normalized spacial score (nSPS) is 10.2. The maximum Gasteiger partial charge on any atom is 0.293 e. The molecule has 29 heavy (non-hydrogen) atoms. The number of anilines is 3. The van der Waals surface area contributed by atoms with Crippen LogP contribution < -0.4 is 10.6 Å². The van der Waals surface area contributed by atoms with Gasteiger partial charge in [0.25, 0.3) is 17.3 Å². The number of amides is 1. The Hall–Kier alpha value is -4.27. The number of nitrogens with zero attached hydrogens (tertiary/aromatic N) is 2. The number of rotatable bonds is 6. The maximum atomic E-state index is 12.6. The van der Waals surface area contributed by atoms with E-state index in [1.165, 1.54) is 30.3 Å². The molecule has 0 heterocycles. The first-order valence-corrected chi connectivity index (χ1v) is 8.52. The number of hydrogen-bond acceptors (Lipinski definition) is 6. The third-order valence-corrected chi connectivity index (χ3v) is 4.19. The smallest absolute Gasteiger partial charge is 0.293 e. The summed E-state index contributed by atoms with van der Waals surface area (Å²) in [6.45, 7) is 1.69. The van der Waals surface area contributed by atoms with Gasteiger partial charge in [0.2, 0.25) is 0 Å². The van der Waals surface area contributed by atoms with E-state index in [-0.39, 0.29) is 28.3 Å². The van der Waals surface area contributed by atoms with Crippen LogP contribution in [0.15, 0.2) is 66.7 Å². The zero-order valence-electron chi connectivity index (χ0n) is 15.3. The minimum absolute atomic E-state index is 0.0567. The number of aryl methyl sites for hydroxylation is 1. The molecule has 146 valence electrons. The van der Waals surface area contributed by atoms with Crippen molar-refractivity contribution in [1.82, 2.24) is 0 Å². The predicted molar refractivity (Wildman–Crippen MR) is 109 cm³/mol. The first-order chi connectivity index (χ1) is 13.8. The van der Waals surface area contributed by atoms with Crippen molar-refractivity contribution < 1.29 is 14.6 Å². The number of carbonyl (C=O) groups is 1. The third-order valence-electron chi connectivity index (χ3n) is 4.19. The van der Waals surface area contributed by atoms with Crippen LogP contribution in [0.25, 0.3) is 0 Å². The van der Waals surface area contributed by atoms with E-state index in [4.69, 9.17) is 0 Å². The maximum absolute atomic E-state index is 12.6. The van der Waals surface area contributed by atoms with E-state index >= 15 is 0 Å². The molecule has 0 aliphatic rings. The summed E-state index contributed by atoms with van der Waals surface area (Å²) in [5, 5.41) is 27.9. The van der Waals surface area contributed by atoms with E-state index in [1.807, 2.05) is 6.07 Å². The van der Waals surface area contributed by atoms with Gasteiger partial charge in [-0.2, -0.15) is 0 Å². The summed E-state index contributed by atoms with van der Waals surface area (Å²) in [5.74, 6) is -0.608. The molecule has 3 aromatic rings. The summed E-state index contributed by atoms with van der Waals surface area (Å²) < 4.78 is 0. The quantitative estimate of drug-likeness (QED) is 0.458. The summed E-state index contributed by atoms with van der Waals surface area (Å²) in [6.07, 6.45) is 0. The van der Waals surface area contributed by atoms with Gasteiger partial charge in [-0.3, -0.25) is 25.0 Å². The Bertz CT molecular complexity index is 1100. The van der Waals surface area contributed by atoms with Crippen LogP contribution in [-0.4, -0.2) is 15.8 Å². The van der Waals surface area contributed by atoms with Gasteiger partial charge in [0.15, 0.2) is 0 Å². The first-order valence-electron chi connectivity index (χ1n) is 8.52. The predicted octanol–water partition coefficient (Wildman–Crippen LogP) is 4.81. The van der Waals surface area contributed by atoms with Crippen LogP contribution in [0, 0.1) is 27.2 Å². The number of carbonyl (C=O) groups excluding carboxylic acids is 1. The van der Waals surface area contributed by atoms with Gasteiger partial charge in [-0.15, -0.1) is 0 Å². The molecule has 9 heteroatoms. The Morgan fingerprint density at radius 2 is 1.59 bits per heavy atom. The second kappa shape index (κ2) is 8.17. The fourth-order valence-corrected chi connectivity index (χ4v) is 2.66. The second-order valence-electron chi connectivity index (χ2n) is 6.19. The van der Waals surface area contributed by atoms with Crippen molar-refractivity contribution in [3.8, 4) is 0 Å². The highest BCUT2D eigenvalue weighted by Crippen LogP contribution is 2.29. The lowest BCUT2D eigenvalue weighted by Gasteiger charge is -2.10. The Kier molecular flexibility index (Phi) is 5.49. The molecule has 0 atom stereocenters. The number of non-ortho nitro benzene ring substituents is 1. The molecule has 0 spiro atoms. The van der Waals surface area contributed by atoms with Crippen LogP contribution in [0.5, 0.6) is 0 Å². The lowest BCUT2D eigenvalue weighted by Crippen LogP contribution is -2.13. The standard InChI is InChI=1S/C20H16N4O5/c1-13-7-9-16(23(26)27)12-18(13)22-20(25)14-8-10-17(19(11-14)24(28)29)21-15-5-3-2-4-6-15/h2-12,21H,1H3,(H,22,25). The summed E-state index contributed by atoms with van der Waals surface area (Å²) >= 11 is 0. The van der Waals surface area contributed by atoms with Crippen LogP contribution in [-0.2, 0) is 0 Å². The Morgan fingerprint density at radius 3 is 2.24 bits per heavy atom. The van der Waals surface area contributed by atoms with Crippen molar-refractivity contribution in [2.45, 2.75) is 6.92 Å². The number of nitro groups is 2. The molecule has 0 saturated carbocycles. The topological polar surface area (TPSA) is 127 Å². The van der Waals surface area contributed by atoms with E-state index in [0.717, 1.165) is 6.07 Å². The SMILES string of the molecule is Cc1ccc([N+](=O)[O-])cc1NC(=O)c1ccc(Nc2ccccc2)c([N+](=O)[O-])c1. The molecule has 9 nitrogen and oxygen atoms in total. The van der Waals surface area contributed by atoms with E-state index in [1.54, 1.807) is 31.2 Å². The summed E-state index contributed by atoms with van der Waals surface area (Å²) in [7, 11) is 0. The number of para-hydroxylation sites is 1. The van der Waals surface area contributed by atoms with E-state index in [9.17, 15) is 25.0 Å². The first kappa shape index (κ1) is 19.5. The molecule has 1 amide bonds. The van der Waals surface area contributed by atoms with Gasteiger partial charge in [0.1, 0.15) is 5.69 Å². The summed E-state index contributed by atoms with van der Waals surface area (Å²) in [5.41, 5.74) is 1.42. The van der Waals surface area contributed by atoms with Crippen LogP contribution in [0.3, 0.4) is 0 Å². The van der Waals surface area contributed by atoms with E-state index in [2.05, 4.69) is 10.6 Å². The third kappa shape index (κ3) is 4.53. The van der Waals surface area contributed by atoms with Crippen LogP contribution in [0.1, 0.15) is 15.9 Å². The Morgan fingerprint density at radius 1 is 0.862 bits per heavy atom. The molecule has 0 aliphatic heterocycles. The zero-order valence-corrected chi connectivity index (χ0v) is 15.3. The average molecular weight is 392 g/mol. The van der Waals surface area contributed by atoms with Gasteiger partial charge < -0.3 is 10.6 Å². The van der Waals surface area contributed by atoms with Crippen molar-refractivity contribution >= 4 is 34.3 Å². The summed E-state index contributed by atoms with van der Waals surface area (Å²) in [6, 6.07) is 17.1. The fourth-order valence-electron chi connectivity index (χ4n) is 2.66.